The molecule has 1 heterocycles. The van der Waals surface area contributed by atoms with E-state index in [0.717, 1.165) is 12.1 Å². The third-order valence-electron chi connectivity index (χ3n) is 1.48. The van der Waals surface area contributed by atoms with Crippen molar-refractivity contribution in [2.45, 2.75) is 25.6 Å². The van der Waals surface area contributed by atoms with Crippen LogP contribution in [0.4, 0.5) is 0 Å². The third-order valence-corrected chi connectivity index (χ3v) is 1.87. The van der Waals surface area contributed by atoms with Gasteiger partial charge in [0.15, 0.2) is 0 Å². The maximum absolute atomic E-state index is 5.82. The fraction of sp³-hybridized carbons (Fsp3) is 0.500. The maximum atomic E-state index is 5.82. The van der Waals surface area contributed by atoms with Crippen molar-refractivity contribution in [3.63, 3.8) is 0 Å². The maximum Gasteiger partial charge on any atom is 0.147 e. The van der Waals surface area contributed by atoms with Gasteiger partial charge in [0, 0.05) is 5.69 Å². The Kier molecular flexibility index (Phi) is 3.29. The van der Waals surface area contributed by atoms with Crippen LogP contribution in [-0.2, 0) is 6.42 Å². The summed E-state index contributed by atoms with van der Waals surface area (Å²) in [7, 11) is 0. The lowest BCUT2D eigenvalue weighted by molar-refractivity contribution is 0.868. The molecule has 0 aliphatic rings. The minimum absolute atomic E-state index is 0.186. The molecule has 2 nitrogen and oxygen atoms in total. The molecule has 0 radical (unpaired) electrons. The highest BCUT2D eigenvalue weighted by molar-refractivity contribution is 6.29. The topological polar surface area (TPSA) is 25.8 Å². The minimum Gasteiger partial charge on any atom is -0.236 e. The van der Waals surface area contributed by atoms with Crippen LogP contribution < -0.4 is 0 Å². The second-order valence-corrected chi connectivity index (χ2v) is 3.55. The normalized spacial score (nSPS) is 13.0. The fourth-order valence-electron chi connectivity index (χ4n) is 0.843. The van der Waals surface area contributed by atoms with Crippen molar-refractivity contribution >= 4 is 23.2 Å². The van der Waals surface area contributed by atoms with Crippen molar-refractivity contribution in [2.24, 2.45) is 0 Å². The summed E-state index contributed by atoms with van der Waals surface area (Å²) in [6.07, 6.45) is 0.846. The first-order valence-corrected chi connectivity index (χ1v) is 4.62. The molecule has 0 spiro atoms. The van der Waals surface area contributed by atoms with Gasteiger partial charge in [-0.3, -0.25) is 0 Å². The zero-order valence-electron chi connectivity index (χ0n) is 7.01. The van der Waals surface area contributed by atoms with Gasteiger partial charge in [0.2, 0.25) is 0 Å². The van der Waals surface area contributed by atoms with Crippen LogP contribution in [0.1, 0.15) is 30.7 Å². The number of aromatic nitrogens is 2. The number of halogens is 2. The summed E-state index contributed by atoms with van der Waals surface area (Å²) >= 11 is 11.6. The Morgan fingerprint density at radius 3 is 2.67 bits per heavy atom. The molecule has 1 rings (SSSR count). The molecule has 0 aliphatic carbocycles. The molecular weight excluding hydrogens is 195 g/mol. The highest BCUT2D eigenvalue weighted by atomic mass is 35.5. The van der Waals surface area contributed by atoms with Gasteiger partial charge in [0.1, 0.15) is 11.0 Å². The average molecular weight is 205 g/mol. The van der Waals surface area contributed by atoms with Crippen LogP contribution in [0.25, 0.3) is 0 Å². The van der Waals surface area contributed by atoms with Crippen LogP contribution in [0, 0.1) is 0 Å². The van der Waals surface area contributed by atoms with Crippen LogP contribution in [0.2, 0.25) is 5.15 Å². The molecule has 0 saturated carbocycles. The number of hydrogen-bond acceptors (Lipinski definition) is 2. The van der Waals surface area contributed by atoms with Gasteiger partial charge in [-0.15, -0.1) is 11.6 Å². The number of nitrogens with zero attached hydrogens (tertiary/aromatic N) is 2. The van der Waals surface area contributed by atoms with Crippen molar-refractivity contribution < 1.29 is 0 Å². The number of hydrogen-bond donors (Lipinski definition) is 0. The van der Waals surface area contributed by atoms with Crippen molar-refractivity contribution in [3.05, 3.63) is 22.7 Å². The van der Waals surface area contributed by atoms with E-state index in [0.29, 0.717) is 11.0 Å². The molecule has 0 aromatic carbocycles. The van der Waals surface area contributed by atoms with E-state index >= 15 is 0 Å². The Labute approximate surface area is 81.9 Å². The molecule has 0 aliphatic heterocycles. The molecule has 0 N–H and O–H groups in total. The van der Waals surface area contributed by atoms with Gasteiger partial charge in [-0.05, 0) is 19.4 Å². The summed E-state index contributed by atoms with van der Waals surface area (Å²) in [6, 6.07) is 1.75. The molecule has 1 atom stereocenters. The van der Waals surface area contributed by atoms with E-state index in [-0.39, 0.29) is 5.38 Å². The van der Waals surface area contributed by atoms with Gasteiger partial charge in [0.25, 0.3) is 0 Å². The van der Waals surface area contributed by atoms with E-state index in [4.69, 9.17) is 23.2 Å². The number of alkyl halides is 1. The Morgan fingerprint density at radius 2 is 2.17 bits per heavy atom. The first-order chi connectivity index (χ1) is 5.63. The van der Waals surface area contributed by atoms with Crippen LogP contribution in [0.5, 0.6) is 0 Å². The number of rotatable bonds is 2. The van der Waals surface area contributed by atoms with Gasteiger partial charge >= 0.3 is 0 Å². The van der Waals surface area contributed by atoms with Crippen LogP contribution in [0.15, 0.2) is 6.07 Å². The Hall–Kier alpha value is -0.340. The van der Waals surface area contributed by atoms with E-state index in [1.165, 1.54) is 0 Å². The van der Waals surface area contributed by atoms with E-state index in [9.17, 15) is 0 Å². The zero-order valence-corrected chi connectivity index (χ0v) is 8.52. The van der Waals surface area contributed by atoms with Gasteiger partial charge in [-0.2, -0.15) is 0 Å². The Balaban J connectivity index is 3.06. The smallest absolute Gasteiger partial charge is 0.147 e. The lowest BCUT2D eigenvalue weighted by Crippen LogP contribution is -1.99. The monoisotopic (exact) mass is 204 g/mol. The highest BCUT2D eigenvalue weighted by Crippen LogP contribution is 2.17. The molecule has 0 saturated heterocycles. The molecule has 0 bridgehead atoms. The summed E-state index contributed by atoms with van der Waals surface area (Å²) in [5.74, 6) is 0.598. The van der Waals surface area contributed by atoms with Crippen molar-refractivity contribution in [1.82, 2.24) is 9.97 Å². The predicted molar refractivity (Wildman–Crippen MR) is 50.7 cm³/mol. The van der Waals surface area contributed by atoms with Crippen molar-refractivity contribution in [1.29, 1.82) is 0 Å². The van der Waals surface area contributed by atoms with Crippen LogP contribution in [0.3, 0.4) is 0 Å². The summed E-state index contributed by atoms with van der Waals surface area (Å²) in [5.41, 5.74) is 0.928. The van der Waals surface area contributed by atoms with Crippen LogP contribution >= 0.6 is 23.2 Å². The highest BCUT2D eigenvalue weighted by Gasteiger charge is 2.06. The Morgan fingerprint density at radius 1 is 1.50 bits per heavy atom. The summed E-state index contributed by atoms with van der Waals surface area (Å²) in [6.45, 7) is 3.84. The zero-order chi connectivity index (χ0) is 9.14. The van der Waals surface area contributed by atoms with E-state index < -0.39 is 0 Å². The number of aryl methyl sites for hydroxylation is 1. The van der Waals surface area contributed by atoms with E-state index in [1.807, 2.05) is 13.8 Å². The van der Waals surface area contributed by atoms with Gasteiger partial charge < -0.3 is 0 Å². The molecule has 1 aromatic rings. The van der Waals surface area contributed by atoms with Gasteiger partial charge in [-0.1, -0.05) is 18.5 Å². The SMILES string of the molecule is CCc1cc(Cl)nc(C(C)Cl)n1. The standard InChI is InChI=1S/C8H10Cl2N2/c1-3-6-4-7(10)12-8(11-6)5(2)9/h4-5H,3H2,1-2H3. The van der Waals surface area contributed by atoms with E-state index in [2.05, 4.69) is 9.97 Å². The summed E-state index contributed by atoms with van der Waals surface area (Å²) in [4.78, 5) is 8.23. The molecule has 66 valence electrons. The molecule has 1 aromatic heterocycles. The predicted octanol–water partition coefficient (Wildman–Crippen LogP) is 2.99. The lowest BCUT2D eigenvalue weighted by Gasteiger charge is -2.03. The van der Waals surface area contributed by atoms with Crippen molar-refractivity contribution in [2.75, 3.05) is 0 Å². The van der Waals surface area contributed by atoms with Gasteiger partial charge in [0.05, 0.1) is 5.38 Å². The lowest BCUT2D eigenvalue weighted by atomic mass is 10.3. The first kappa shape index (κ1) is 9.75. The first-order valence-electron chi connectivity index (χ1n) is 3.81. The molecule has 1 unspecified atom stereocenters. The molecule has 0 amide bonds. The second kappa shape index (κ2) is 4.06. The minimum atomic E-state index is -0.186. The molecule has 4 heteroatoms. The van der Waals surface area contributed by atoms with Crippen molar-refractivity contribution in [3.8, 4) is 0 Å². The fourth-order valence-corrected chi connectivity index (χ4v) is 1.15. The van der Waals surface area contributed by atoms with Gasteiger partial charge in [-0.25, -0.2) is 9.97 Å². The quantitative estimate of drug-likeness (QED) is 0.547. The molecular formula is C8H10Cl2N2. The van der Waals surface area contributed by atoms with E-state index in [1.54, 1.807) is 6.07 Å². The molecule has 0 fully saturated rings. The second-order valence-electron chi connectivity index (χ2n) is 2.51. The summed E-state index contributed by atoms with van der Waals surface area (Å²) < 4.78 is 0. The Bertz CT molecular complexity index is 274. The largest absolute Gasteiger partial charge is 0.236 e. The van der Waals surface area contributed by atoms with Crippen LogP contribution in [-0.4, -0.2) is 9.97 Å². The molecule has 12 heavy (non-hydrogen) atoms. The third kappa shape index (κ3) is 2.32. The summed E-state index contributed by atoms with van der Waals surface area (Å²) in [5, 5.41) is 0.276. The average Bonchev–Trinajstić information content (AvgIpc) is 2.03.